The number of benzene rings is 1. The summed E-state index contributed by atoms with van der Waals surface area (Å²) in [5, 5.41) is 3.09. The first-order valence-corrected chi connectivity index (χ1v) is 8.03. The van der Waals surface area contributed by atoms with Crippen molar-refractivity contribution in [2.45, 2.75) is 25.7 Å². The minimum absolute atomic E-state index is 0.00837. The highest BCUT2D eigenvalue weighted by Crippen LogP contribution is 2.32. The van der Waals surface area contributed by atoms with Gasteiger partial charge in [-0.2, -0.15) is 0 Å². The molecular weight excluding hydrogens is 330 g/mol. The van der Waals surface area contributed by atoms with E-state index < -0.39 is 6.09 Å². The van der Waals surface area contributed by atoms with E-state index in [2.05, 4.69) is 15.3 Å². The van der Waals surface area contributed by atoms with E-state index in [4.69, 9.17) is 16.3 Å². The largest absolute Gasteiger partial charge is 0.450 e. The Bertz CT molecular complexity index is 794. The van der Waals surface area contributed by atoms with Crippen LogP contribution in [0.3, 0.4) is 0 Å². The van der Waals surface area contributed by atoms with Crippen molar-refractivity contribution in [2.75, 3.05) is 11.9 Å². The van der Waals surface area contributed by atoms with E-state index in [0.717, 1.165) is 5.56 Å². The summed E-state index contributed by atoms with van der Waals surface area (Å²) >= 11 is 6.04. The number of Topliss-reactive ketones (excluding diaryl/α,β-unsaturated/α-hetero) is 1. The Balaban J connectivity index is 1.85. The Hall–Kier alpha value is -2.47. The van der Waals surface area contributed by atoms with Crippen molar-refractivity contribution in [1.82, 2.24) is 9.97 Å². The second-order valence-electron chi connectivity index (χ2n) is 5.48. The second kappa shape index (κ2) is 6.97. The standard InChI is InChI=1S/C17H16ClN3O3/c1-2-24-17(23)21-16-19-9-13-14(20-16)7-11(8-15(13)22)10-4-3-5-12(18)6-10/h3-6,9,11H,2,7-8H2,1H3,(H,19,20,21,23). The van der Waals surface area contributed by atoms with Gasteiger partial charge in [0.1, 0.15) is 0 Å². The van der Waals surface area contributed by atoms with Gasteiger partial charge in [-0.25, -0.2) is 14.8 Å². The van der Waals surface area contributed by atoms with E-state index in [1.165, 1.54) is 6.20 Å². The van der Waals surface area contributed by atoms with E-state index in [1.807, 2.05) is 18.2 Å². The van der Waals surface area contributed by atoms with Crippen molar-refractivity contribution in [2.24, 2.45) is 0 Å². The van der Waals surface area contributed by atoms with Gasteiger partial charge in [0, 0.05) is 17.6 Å². The first-order chi connectivity index (χ1) is 11.6. The minimum atomic E-state index is -0.619. The zero-order valence-electron chi connectivity index (χ0n) is 13.1. The van der Waals surface area contributed by atoms with Gasteiger partial charge in [0.2, 0.25) is 5.95 Å². The van der Waals surface area contributed by atoms with Crippen LogP contribution < -0.4 is 5.32 Å². The van der Waals surface area contributed by atoms with Crippen LogP contribution in [0, 0.1) is 0 Å². The van der Waals surface area contributed by atoms with E-state index in [9.17, 15) is 9.59 Å². The highest BCUT2D eigenvalue weighted by atomic mass is 35.5. The zero-order valence-corrected chi connectivity index (χ0v) is 13.8. The number of fused-ring (bicyclic) bond motifs is 1. The number of rotatable bonds is 3. The molecule has 0 saturated carbocycles. The number of nitrogens with zero attached hydrogens (tertiary/aromatic N) is 2. The zero-order chi connectivity index (χ0) is 17.1. The fourth-order valence-corrected chi connectivity index (χ4v) is 2.96. The Morgan fingerprint density at radius 1 is 1.42 bits per heavy atom. The van der Waals surface area contributed by atoms with Gasteiger partial charge in [0.05, 0.1) is 17.9 Å². The first kappa shape index (κ1) is 16.4. The van der Waals surface area contributed by atoms with Crippen LogP contribution in [0.25, 0.3) is 0 Å². The molecule has 7 heteroatoms. The average Bonchev–Trinajstić information content (AvgIpc) is 2.54. The maximum absolute atomic E-state index is 12.4. The smallest absolute Gasteiger partial charge is 0.414 e. The molecule has 1 atom stereocenters. The SMILES string of the molecule is CCOC(=O)Nc1ncc2c(n1)CC(c1cccc(Cl)c1)CC2=O. The molecule has 24 heavy (non-hydrogen) atoms. The lowest BCUT2D eigenvalue weighted by Crippen LogP contribution is -2.22. The lowest BCUT2D eigenvalue weighted by atomic mass is 9.82. The summed E-state index contributed by atoms with van der Waals surface area (Å²) in [4.78, 5) is 32.2. The third-order valence-electron chi connectivity index (χ3n) is 3.85. The third kappa shape index (κ3) is 3.54. The molecule has 0 radical (unpaired) electrons. The molecule has 0 spiro atoms. The number of anilines is 1. The average molecular weight is 346 g/mol. The molecule has 1 amide bonds. The molecule has 0 aliphatic heterocycles. The number of ketones is 1. The lowest BCUT2D eigenvalue weighted by molar-refractivity contribution is 0.0962. The van der Waals surface area contributed by atoms with Gasteiger partial charge < -0.3 is 4.74 Å². The van der Waals surface area contributed by atoms with Crippen LogP contribution in [-0.2, 0) is 11.2 Å². The summed E-state index contributed by atoms with van der Waals surface area (Å²) in [6.45, 7) is 1.97. The van der Waals surface area contributed by atoms with Gasteiger partial charge in [0.15, 0.2) is 5.78 Å². The van der Waals surface area contributed by atoms with Crippen molar-refractivity contribution in [1.29, 1.82) is 0 Å². The fourth-order valence-electron chi connectivity index (χ4n) is 2.76. The number of nitrogens with one attached hydrogen (secondary N) is 1. The van der Waals surface area contributed by atoms with Crippen LogP contribution in [0.1, 0.15) is 40.9 Å². The molecule has 0 fully saturated rings. The number of halogens is 1. The van der Waals surface area contributed by atoms with Gasteiger partial charge in [0.25, 0.3) is 0 Å². The molecule has 0 saturated heterocycles. The molecule has 2 aromatic rings. The summed E-state index contributed by atoms with van der Waals surface area (Å²) in [5.41, 5.74) is 2.13. The van der Waals surface area contributed by atoms with E-state index >= 15 is 0 Å². The summed E-state index contributed by atoms with van der Waals surface area (Å²) in [6.07, 6.45) is 1.81. The van der Waals surface area contributed by atoms with E-state index in [1.54, 1.807) is 13.0 Å². The molecule has 1 N–H and O–H groups in total. The van der Waals surface area contributed by atoms with Crippen LogP contribution in [0.15, 0.2) is 30.5 Å². The molecule has 6 nitrogen and oxygen atoms in total. The Morgan fingerprint density at radius 2 is 2.25 bits per heavy atom. The minimum Gasteiger partial charge on any atom is -0.450 e. The van der Waals surface area contributed by atoms with E-state index in [0.29, 0.717) is 29.1 Å². The van der Waals surface area contributed by atoms with Crippen molar-refractivity contribution in [3.05, 3.63) is 52.3 Å². The number of carbonyl (C=O) groups is 2. The van der Waals surface area contributed by atoms with Crippen LogP contribution in [0.5, 0.6) is 0 Å². The van der Waals surface area contributed by atoms with Gasteiger partial charge >= 0.3 is 6.09 Å². The molecule has 1 aliphatic rings. The molecule has 124 valence electrons. The number of carbonyl (C=O) groups excluding carboxylic acids is 2. The van der Waals surface area contributed by atoms with Crippen molar-refractivity contribution < 1.29 is 14.3 Å². The summed E-state index contributed by atoms with van der Waals surface area (Å²) < 4.78 is 4.80. The maximum Gasteiger partial charge on any atom is 0.414 e. The predicted octanol–water partition coefficient (Wildman–Crippen LogP) is 3.61. The van der Waals surface area contributed by atoms with Gasteiger partial charge in [-0.05, 0) is 37.0 Å². The van der Waals surface area contributed by atoms with Crippen LogP contribution in [0.2, 0.25) is 5.02 Å². The number of hydrogen-bond donors (Lipinski definition) is 1. The monoisotopic (exact) mass is 345 g/mol. The maximum atomic E-state index is 12.4. The molecular formula is C17H16ClN3O3. The van der Waals surface area contributed by atoms with Crippen LogP contribution in [-0.4, -0.2) is 28.5 Å². The van der Waals surface area contributed by atoms with Gasteiger partial charge in [-0.3, -0.25) is 10.1 Å². The molecule has 1 aromatic carbocycles. The Morgan fingerprint density at radius 3 is 3.00 bits per heavy atom. The fraction of sp³-hybridized carbons (Fsp3) is 0.294. The molecule has 0 bridgehead atoms. The van der Waals surface area contributed by atoms with Crippen molar-refractivity contribution in [3.8, 4) is 0 Å². The molecule has 1 aromatic heterocycles. The Kier molecular flexibility index (Phi) is 4.76. The number of amides is 1. The molecule has 1 unspecified atom stereocenters. The topological polar surface area (TPSA) is 81.2 Å². The number of aromatic nitrogens is 2. The predicted molar refractivity (Wildman–Crippen MR) is 89.5 cm³/mol. The van der Waals surface area contributed by atoms with Crippen LogP contribution in [0.4, 0.5) is 10.7 Å². The van der Waals surface area contributed by atoms with Gasteiger partial charge in [-0.15, -0.1) is 0 Å². The van der Waals surface area contributed by atoms with Gasteiger partial charge in [-0.1, -0.05) is 23.7 Å². The number of hydrogen-bond acceptors (Lipinski definition) is 5. The van der Waals surface area contributed by atoms with Crippen LogP contribution >= 0.6 is 11.6 Å². The number of ether oxygens (including phenoxy) is 1. The first-order valence-electron chi connectivity index (χ1n) is 7.65. The third-order valence-corrected chi connectivity index (χ3v) is 4.08. The summed E-state index contributed by atoms with van der Waals surface area (Å²) in [6, 6.07) is 7.48. The summed E-state index contributed by atoms with van der Waals surface area (Å²) in [7, 11) is 0. The Labute approximate surface area is 144 Å². The summed E-state index contributed by atoms with van der Waals surface area (Å²) in [5.74, 6) is 0.129. The van der Waals surface area contributed by atoms with Crippen molar-refractivity contribution >= 4 is 29.4 Å². The second-order valence-corrected chi connectivity index (χ2v) is 5.92. The normalized spacial score (nSPS) is 16.4. The van der Waals surface area contributed by atoms with E-state index in [-0.39, 0.29) is 24.3 Å². The quantitative estimate of drug-likeness (QED) is 0.919. The molecule has 3 rings (SSSR count). The van der Waals surface area contributed by atoms with Crippen molar-refractivity contribution in [3.63, 3.8) is 0 Å². The lowest BCUT2D eigenvalue weighted by Gasteiger charge is -2.23. The highest BCUT2D eigenvalue weighted by molar-refractivity contribution is 6.30. The molecule has 1 aliphatic carbocycles. The highest BCUT2D eigenvalue weighted by Gasteiger charge is 2.28. The molecule has 1 heterocycles.